The minimum absolute atomic E-state index is 0.0439. The Kier molecular flexibility index (Phi) is 31.1. The van der Waals surface area contributed by atoms with Crippen molar-refractivity contribution < 1.29 is 4.79 Å². The largest absolute Gasteiger partial charge is 0.295 e. The van der Waals surface area contributed by atoms with Gasteiger partial charge in [-0.1, -0.05) is 260 Å². The molecule has 0 radical (unpaired) electrons. The predicted octanol–water partition coefficient (Wildman–Crippen LogP) is 23.5. The Bertz CT molecular complexity index is 3530. The third kappa shape index (κ3) is 29.4. The van der Waals surface area contributed by atoms with Gasteiger partial charge in [-0.05, 0) is 207 Å². The number of benzene rings is 4. The summed E-state index contributed by atoms with van der Waals surface area (Å²) in [4.78, 5) is 31.1. The molecule has 510 valence electrons. The van der Waals surface area contributed by atoms with Crippen molar-refractivity contribution in [1.29, 1.82) is 0 Å². The fourth-order valence-electron chi connectivity index (χ4n) is 11.0. The van der Waals surface area contributed by atoms with Crippen molar-refractivity contribution in [3.05, 3.63) is 283 Å². The lowest BCUT2D eigenvalue weighted by Gasteiger charge is -2.23. The highest BCUT2D eigenvalue weighted by molar-refractivity contribution is 7.08. The lowest BCUT2D eigenvalue weighted by molar-refractivity contribution is 0.101. The first kappa shape index (κ1) is 80.2. The van der Waals surface area contributed by atoms with Gasteiger partial charge in [0.05, 0.1) is 11.4 Å². The molecule has 0 fully saturated rings. The Hall–Kier alpha value is -7.19. The number of carbonyl (C=O) groups excluding carboxylic acids is 1. The topological polar surface area (TPSA) is 71.9 Å². The number of hydrogen-bond donors (Lipinski definition) is 0. The summed E-state index contributed by atoms with van der Waals surface area (Å²) in [5.74, 6) is 0.144. The van der Waals surface area contributed by atoms with Crippen molar-refractivity contribution in [1.82, 2.24) is 24.8 Å². The number of thiophene rings is 1. The number of ketones is 1. The van der Waals surface area contributed by atoms with Crippen molar-refractivity contribution in [2.75, 3.05) is 6.54 Å². The zero-order valence-electron chi connectivity index (χ0n) is 63.3. The zero-order chi connectivity index (χ0) is 70.8. The van der Waals surface area contributed by atoms with E-state index in [1.54, 1.807) is 41.1 Å². The predicted molar refractivity (Wildman–Crippen MR) is 412 cm³/mol. The summed E-state index contributed by atoms with van der Waals surface area (Å²) in [7, 11) is 0. The maximum Gasteiger partial charge on any atom is 0.160 e. The Morgan fingerprint density at radius 1 is 0.463 bits per heavy atom. The number of pyridine rings is 4. The monoisotopic (exact) mass is 1300 g/mol. The number of carbonyl (C=O) groups is 1. The standard InChI is InChI=1S/C26H33N3.C13H18.C12H16O.C11H16.2C9H13N.C8H12S/c1-21-13-14-22(18-25(21)26(2,3)4)10-9-17-29(19-23-11-5-7-15-27-23)20-24-12-6-8-16-28-24;1-13(2,3)12-9-5-7-10-6-4-8-11(10)12;1-9(13)10-7-5-6-8-11(10)12(2,3)4;1-9-6-5-7-10(8-9)11(2,3)4;1-9(2,3)8-5-4-6-10-7-8;1-9(2,3)8-6-4-5-7-10-8;1-8(2,3)7-4-5-9-6-7/h5-8,11-16,18H,9-10,17,19-20H2,1-4H3;5,7,9H,4,6,8H2,1-3H3;5-8H,1-4H3;5-8H,1-4H3;2*4-7H,1-3H3;4-6H,1-3H3. The van der Waals surface area contributed by atoms with Gasteiger partial charge in [-0.25, -0.2) is 0 Å². The van der Waals surface area contributed by atoms with Gasteiger partial charge in [0, 0.05) is 60.7 Å². The van der Waals surface area contributed by atoms with E-state index in [-0.39, 0.29) is 32.9 Å². The van der Waals surface area contributed by atoms with Gasteiger partial charge in [0.15, 0.2) is 5.78 Å². The lowest BCUT2D eigenvalue weighted by Crippen LogP contribution is -2.25. The van der Waals surface area contributed by atoms with Gasteiger partial charge in [-0.15, -0.1) is 0 Å². The van der Waals surface area contributed by atoms with Gasteiger partial charge in [0.2, 0.25) is 0 Å². The van der Waals surface area contributed by atoms with E-state index in [0.717, 1.165) is 60.7 Å². The van der Waals surface area contributed by atoms with Crippen molar-refractivity contribution in [3.8, 4) is 0 Å². The molecule has 0 N–H and O–H groups in total. The van der Waals surface area contributed by atoms with Crippen LogP contribution in [-0.2, 0) is 70.3 Å². The van der Waals surface area contributed by atoms with Crippen LogP contribution in [0, 0.1) is 13.8 Å². The molecule has 10 rings (SSSR count). The summed E-state index contributed by atoms with van der Waals surface area (Å²) in [5, 5.41) is 4.33. The molecule has 0 saturated heterocycles. The van der Waals surface area contributed by atoms with Crippen LogP contribution in [0.2, 0.25) is 0 Å². The summed E-state index contributed by atoms with van der Waals surface area (Å²) in [6.07, 6.45) is 15.4. The average molecular weight is 1300 g/mol. The Labute approximate surface area is 582 Å². The van der Waals surface area contributed by atoms with Gasteiger partial charge < -0.3 is 0 Å². The third-order valence-corrected chi connectivity index (χ3v) is 17.3. The summed E-state index contributed by atoms with van der Waals surface area (Å²) in [5.41, 5.74) is 21.4. The van der Waals surface area contributed by atoms with Gasteiger partial charge in [0.1, 0.15) is 0 Å². The molecular weight excluding hydrogens is 1180 g/mol. The van der Waals surface area contributed by atoms with Crippen LogP contribution in [-0.4, -0.2) is 37.2 Å². The minimum atomic E-state index is 0.0439. The van der Waals surface area contributed by atoms with Crippen molar-refractivity contribution in [3.63, 3.8) is 0 Å². The molecule has 0 aliphatic heterocycles. The third-order valence-electron chi connectivity index (χ3n) is 16.6. The van der Waals surface area contributed by atoms with Crippen LogP contribution in [0.1, 0.15) is 254 Å². The highest BCUT2D eigenvalue weighted by atomic mass is 32.1. The second kappa shape index (κ2) is 36.8. The molecule has 5 heterocycles. The Morgan fingerprint density at radius 2 is 1.00 bits per heavy atom. The van der Waals surface area contributed by atoms with Crippen molar-refractivity contribution in [2.45, 2.75) is 249 Å². The smallest absolute Gasteiger partial charge is 0.160 e. The second-order valence-electron chi connectivity index (χ2n) is 32.6. The summed E-state index contributed by atoms with van der Waals surface area (Å²) >= 11 is 1.77. The second-order valence-corrected chi connectivity index (χ2v) is 33.4. The number of aryl methyl sites for hydroxylation is 4. The molecular formula is C88H121N5OS. The van der Waals surface area contributed by atoms with Crippen LogP contribution in [0.3, 0.4) is 0 Å². The number of fused-ring (bicyclic) bond motifs is 1. The fourth-order valence-corrected chi connectivity index (χ4v) is 11.9. The van der Waals surface area contributed by atoms with E-state index in [0.29, 0.717) is 10.8 Å². The molecule has 0 atom stereocenters. The molecule has 1 aliphatic carbocycles. The van der Waals surface area contributed by atoms with Crippen LogP contribution in [0.4, 0.5) is 0 Å². The maximum absolute atomic E-state index is 11.3. The van der Waals surface area contributed by atoms with Crippen LogP contribution in [0.25, 0.3) is 0 Å². The molecule has 1 aliphatic rings. The van der Waals surface area contributed by atoms with Crippen molar-refractivity contribution in [2.24, 2.45) is 0 Å². The van der Waals surface area contributed by atoms with E-state index in [9.17, 15) is 4.79 Å². The maximum atomic E-state index is 11.3. The average Bonchev–Trinajstić information content (AvgIpc) is 1.78. The number of Topliss-reactive ketones (excluding diaryl/α,β-unsaturated/α-hetero) is 1. The molecule has 0 spiro atoms. The number of aromatic nitrogens is 4. The van der Waals surface area contributed by atoms with E-state index in [1.807, 2.05) is 79.4 Å². The first-order chi connectivity index (χ1) is 44.2. The van der Waals surface area contributed by atoms with E-state index in [2.05, 4.69) is 298 Å². The minimum Gasteiger partial charge on any atom is -0.295 e. The van der Waals surface area contributed by atoms with Gasteiger partial charge in [-0.2, -0.15) is 11.3 Å². The highest BCUT2D eigenvalue weighted by Gasteiger charge is 2.23. The number of nitrogens with zero attached hydrogens (tertiary/aromatic N) is 5. The fraction of sp³-hybridized carbons (Fsp3) is 0.443. The molecule has 6 nitrogen and oxygen atoms in total. The quantitative estimate of drug-likeness (QED) is 0.134. The van der Waals surface area contributed by atoms with Crippen LogP contribution >= 0.6 is 11.3 Å². The van der Waals surface area contributed by atoms with Gasteiger partial charge >= 0.3 is 0 Å². The van der Waals surface area contributed by atoms with Crippen LogP contribution in [0.15, 0.2) is 199 Å². The van der Waals surface area contributed by atoms with Gasteiger partial charge in [-0.3, -0.25) is 29.6 Å². The van der Waals surface area contributed by atoms with Crippen LogP contribution in [0.5, 0.6) is 0 Å². The summed E-state index contributed by atoms with van der Waals surface area (Å²) < 4.78 is 0. The molecule has 4 aromatic carbocycles. The summed E-state index contributed by atoms with van der Waals surface area (Å²) in [6.45, 7) is 55.3. The number of hydrogen-bond acceptors (Lipinski definition) is 7. The molecule has 0 saturated carbocycles. The molecule has 0 amide bonds. The van der Waals surface area contributed by atoms with E-state index in [1.165, 1.54) is 58.2 Å². The zero-order valence-corrected chi connectivity index (χ0v) is 64.1. The van der Waals surface area contributed by atoms with Crippen molar-refractivity contribution >= 4 is 17.1 Å². The van der Waals surface area contributed by atoms with Gasteiger partial charge in [0.25, 0.3) is 0 Å². The number of rotatable bonds is 9. The normalized spacial score (nSPS) is 12.2. The molecule has 0 unspecified atom stereocenters. The SMILES string of the molecule is CC(=O)c1ccccc1C(C)(C)C.CC(C)(C)c1cccc2c1CCC2.CC(C)(C)c1ccccn1.CC(C)(C)c1cccnc1.CC(C)(C)c1ccsc1.Cc1ccc(CCCN(Cc2ccccn2)Cc2ccccn2)cc1C(C)(C)C.Cc1cccc(C(C)(C)C)c1. The van der Waals surface area contributed by atoms with E-state index >= 15 is 0 Å². The molecule has 9 aromatic rings. The van der Waals surface area contributed by atoms with E-state index < -0.39 is 0 Å². The highest BCUT2D eigenvalue weighted by Crippen LogP contribution is 2.34. The summed E-state index contributed by atoms with van der Waals surface area (Å²) in [6, 6.07) is 54.8. The molecule has 5 aromatic heterocycles. The Balaban J connectivity index is 0.000000249. The molecule has 0 bridgehead atoms. The molecule has 7 heteroatoms. The lowest BCUT2D eigenvalue weighted by atomic mass is 9.83. The van der Waals surface area contributed by atoms with Crippen LogP contribution < -0.4 is 0 Å². The first-order valence-electron chi connectivity index (χ1n) is 34.5. The Morgan fingerprint density at radius 3 is 1.42 bits per heavy atom. The molecule has 95 heavy (non-hydrogen) atoms. The first-order valence-corrected chi connectivity index (χ1v) is 35.4. The van der Waals surface area contributed by atoms with E-state index in [4.69, 9.17) is 0 Å².